The van der Waals surface area contributed by atoms with Crippen LogP contribution in [0.2, 0.25) is 0 Å². The number of allylic oxidation sites excluding steroid dienone is 1. The van der Waals surface area contributed by atoms with Gasteiger partial charge in [-0.05, 0) is 105 Å². The zero-order valence-corrected chi connectivity index (χ0v) is 23.5. The predicted octanol–water partition coefficient (Wildman–Crippen LogP) is 7.68. The molecule has 0 aromatic carbocycles. The molecular formula is C32H38N4O2. The van der Waals surface area contributed by atoms with Gasteiger partial charge in [0.15, 0.2) is 0 Å². The van der Waals surface area contributed by atoms with Gasteiger partial charge in [0.2, 0.25) is 0 Å². The number of nitrogens with zero attached hydrogens (tertiary/aromatic N) is 2. The summed E-state index contributed by atoms with van der Waals surface area (Å²) >= 11 is 0. The second-order valence-electron chi connectivity index (χ2n) is 10.9. The molecule has 6 nitrogen and oxygen atoms in total. The summed E-state index contributed by atoms with van der Waals surface area (Å²) in [6.45, 7) is 15.1. The Labute approximate surface area is 224 Å². The standard InChI is InChI=1S/C32H38N4O2/c1-8-21-18(5)27-15-30-22(9-2)17(4)26(34-30)14-28-19(6)23(10-11-31(37)38)32(36-28)20(7)25-12-16(3)24(33-25)13-29(21)35-27/h12-15,17,22,35-36H,8-11H2,1-7H3,(H,37,38). The summed E-state index contributed by atoms with van der Waals surface area (Å²) in [4.78, 5) is 29.0. The van der Waals surface area contributed by atoms with Crippen LogP contribution in [-0.2, 0) is 17.6 Å². The highest BCUT2D eigenvalue weighted by molar-refractivity contribution is 5.87. The minimum absolute atomic E-state index is 0.0845. The second kappa shape index (κ2) is 9.90. The molecule has 2 aliphatic rings. The lowest BCUT2D eigenvalue weighted by Crippen LogP contribution is -2.00. The number of carbonyl (C=O) groups is 1. The fourth-order valence-electron chi connectivity index (χ4n) is 6.15. The van der Waals surface area contributed by atoms with Gasteiger partial charge in [0, 0.05) is 51.7 Å². The first-order valence-corrected chi connectivity index (χ1v) is 13.8. The first-order chi connectivity index (χ1) is 18.1. The lowest BCUT2D eigenvalue weighted by Gasteiger charge is -2.12. The van der Waals surface area contributed by atoms with Gasteiger partial charge in [-0.3, -0.25) is 9.78 Å². The summed E-state index contributed by atoms with van der Waals surface area (Å²) in [5, 5.41) is 9.43. The maximum absolute atomic E-state index is 11.5. The minimum atomic E-state index is -0.793. The first kappa shape index (κ1) is 26.0. The molecule has 0 radical (unpaired) electrons. The van der Waals surface area contributed by atoms with E-state index in [0.29, 0.717) is 12.3 Å². The normalized spacial score (nSPS) is 17.1. The molecule has 6 heteroatoms. The fourth-order valence-corrected chi connectivity index (χ4v) is 6.15. The molecule has 198 valence electrons. The van der Waals surface area contributed by atoms with Gasteiger partial charge in [0.05, 0.1) is 11.4 Å². The highest BCUT2D eigenvalue weighted by Crippen LogP contribution is 2.39. The van der Waals surface area contributed by atoms with Gasteiger partial charge in [-0.25, -0.2) is 4.98 Å². The van der Waals surface area contributed by atoms with Crippen LogP contribution < -0.4 is 0 Å². The number of carboxylic acids is 1. The Bertz CT molecular complexity index is 1640. The molecule has 3 N–H and O–H groups in total. The highest BCUT2D eigenvalue weighted by atomic mass is 16.4. The zero-order chi connectivity index (χ0) is 27.3. The molecule has 0 amide bonds. The summed E-state index contributed by atoms with van der Waals surface area (Å²) in [5.74, 6) is -0.166. The van der Waals surface area contributed by atoms with Crippen molar-refractivity contribution in [1.82, 2.24) is 19.9 Å². The van der Waals surface area contributed by atoms with E-state index in [1.165, 1.54) is 11.1 Å². The third kappa shape index (κ3) is 4.36. The van der Waals surface area contributed by atoms with Gasteiger partial charge in [0.1, 0.15) is 0 Å². The van der Waals surface area contributed by atoms with Crippen molar-refractivity contribution in [2.24, 2.45) is 0 Å². The molecule has 3 aromatic heterocycles. The summed E-state index contributed by atoms with van der Waals surface area (Å²) in [6, 6.07) is 6.58. The van der Waals surface area contributed by atoms with E-state index < -0.39 is 5.97 Å². The van der Waals surface area contributed by atoms with Gasteiger partial charge in [0.25, 0.3) is 0 Å². The second-order valence-corrected chi connectivity index (χ2v) is 10.9. The van der Waals surface area contributed by atoms with Gasteiger partial charge in [-0.15, -0.1) is 0 Å². The topological polar surface area (TPSA) is 94.7 Å². The Morgan fingerprint density at radius 3 is 2.26 bits per heavy atom. The van der Waals surface area contributed by atoms with E-state index in [4.69, 9.17) is 9.97 Å². The number of aromatic amines is 2. The lowest BCUT2D eigenvalue weighted by molar-refractivity contribution is -0.136. The van der Waals surface area contributed by atoms with Crippen LogP contribution in [0.1, 0.15) is 103 Å². The Hall–Kier alpha value is -3.67. The molecule has 3 aromatic rings. The number of hydrogen-bond acceptors (Lipinski definition) is 3. The predicted molar refractivity (Wildman–Crippen MR) is 156 cm³/mol. The molecule has 8 bridgehead atoms. The zero-order valence-electron chi connectivity index (χ0n) is 23.5. The molecule has 5 heterocycles. The molecule has 2 unspecified atom stereocenters. The first-order valence-electron chi connectivity index (χ1n) is 13.8. The monoisotopic (exact) mass is 510 g/mol. The van der Waals surface area contributed by atoms with E-state index >= 15 is 0 Å². The number of H-pyrrole nitrogens is 2. The summed E-state index contributed by atoms with van der Waals surface area (Å²) < 4.78 is 0. The average molecular weight is 511 g/mol. The van der Waals surface area contributed by atoms with Crippen LogP contribution in [0.3, 0.4) is 0 Å². The summed E-state index contributed by atoms with van der Waals surface area (Å²) in [5.41, 5.74) is 15.0. The lowest BCUT2D eigenvalue weighted by atomic mass is 9.89. The van der Waals surface area contributed by atoms with Gasteiger partial charge in [-0.2, -0.15) is 0 Å². The van der Waals surface area contributed by atoms with Crippen LogP contribution in [0.4, 0.5) is 0 Å². The molecule has 0 spiro atoms. The van der Waals surface area contributed by atoms with Crippen molar-refractivity contribution in [2.75, 3.05) is 0 Å². The smallest absolute Gasteiger partial charge is 0.303 e. The van der Waals surface area contributed by atoms with E-state index in [1.54, 1.807) is 0 Å². The molecule has 2 aliphatic heterocycles. The van der Waals surface area contributed by atoms with E-state index in [1.807, 2.05) is 0 Å². The Morgan fingerprint density at radius 2 is 1.58 bits per heavy atom. The molecule has 2 atom stereocenters. The van der Waals surface area contributed by atoms with Gasteiger partial charge >= 0.3 is 5.97 Å². The van der Waals surface area contributed by atoms with Crippen LogP contribution in [0.15, 0.2) is 18.2 Å². The van der Waals surface area contributed by atoms with Crippen molar-refractivity contribution in [1.29, 1.82) is 0 Å². The number of aromatic nitrogens is 4. The van der Waals surface area contributed by atoms with Crippen molar-refractivity contribution in [2.45, 2.75) is 86.0 Å². The molecule has 0 fully saturated rings. The van der Waals surface area contributed by atoms with Crippen LogP contribution in [0.5, 0.6) is 0 Å². The Kier molecular flexibility index (Phi) is 6.76. The molecule has 5 rings (SSSR count). The van der Waals surface area contributed by atoms with Crippen LogP contribution in [-0.4, -0.2) is 31.0 Å². The van der Waals surface area contributed by atoms with E-state index in [-0.39, 0.29) is 12.3 Å². The van der Waals surface area contributed by atoms with Crippen molar-refractivity contribution >= 4 is 39.7 Å². The molecule has 38 heavy (non-hydrogen) atoms. The molecule has 0 saturated heterocycles. The van der Waals surface area contributed by atoms with E-state index in [2.05, 4.69) is 82.7 Å². The Balaban J connectivity index is 1.94. The van der Waals surface area contributed by atoms with Crippen molar-refractivity contribution in [3.8, 4) is 0 Å². The number of aliphatic carboxylic acids is 1. The van der Waals surface area contributed by atoms with Gasteiger partial charge < -0.3 is 15.1 Å². The maximum atomic E-state index is 11.5. The van der Waals surface area contributed by atoms with Crippen molar-refractivity contribution in [3.05, 3.63) is 68.8 Å². The largest absolute Gasteiger partial charge is 0.481 e. The number of fused-ring (bicyclic) bond motifs is 8. The summed E-state index contributed by atoms with van der Waals surface area (Å²) in [7, 11) is 0. The fraction of sp³-hybridized carbons (Fsp3) is 0.406. The Morgan fingerprint density at radius 1 is 0.895 bits per heavy atom. The molecular weight excluding hydrogens is 472 g/mol. The molecule has 0 aliphatic carbocycles. The van der Waals surface area contributed by atoms with E-state index in [9.17, 15) is 9.90 Å². The number of carboxylic acid groups (broad SMARTS) is 1. The van der Waals surface area contributed by atoms with Crippen molar-refractivity contribution < 1.29 is 9.90 Å². The van der Waals surface area contributed by atoms with E-state index in [0.717, 1.165) is 79.9 Å². The highest BCUT2D eigenvalue weighted by Gasteiger charge is 2.27. The van der Waals surface area contributed by atoms with Crippen LogP contribution >= 0.6 is 0 Å². The third-order valence-corrected chi connectivity index (χ3v) is 8.58. The van der Waals surface area contributed by atoms with Crippen LogP contribution in [0.25, 0.3) is 33.7 Å². The van der Waals surface area contributed by atoms with Crippen molar-refractivity contribution in [3.63, 3.8) is 0 Å². The quantitative estimate of drug-likeness (QED) is 0.328. The third-order valence-electron chi connectivity index (χ3n) is 8.58. The number of hydrogen-bond donors (Lipinski definition) is 3. The SMILES string of the molecule is CCc1c(C)c2cc3nc(cc4[nH]c(c(C)c5nc(cc1[nH]2)C(C)=C5)c(CCC(=O)O)c4C)C(C)C3CC. The van der Waals surface area contributed by atoms with Crippen LogP contribution in [0, 0.1) is 20.8 Å². The average Bonchev–Trinajstić information content (AvgIpc) is 3.57. The van der Waals surface area contributed by atoms with Gasteiger partial charge in [-0.1, -0.05) is 20.8 Å². The molecule has 0 saturated carbocycles. The number of nitrogens with one attached hydrogen (secondary N) is 2. The maximum Gasteiger partial charge on any atom is 0.303 e. The summed E-state index contributed by atoms with van der Waals surface area (Å²) in [6.07, 6.45) is 4.62. The number of rotatable bonds is 5. The number of aryl methyl sites for hydroxylation is 5. The minimum Gasteiger partial charge on any atom is -0.481 e.